The molecule has 4 nitrogen and oxygen atoms in total. The third kappa shape index (κ3) is 3.26. The molecule has 0 aliphatic rings. The van der Waals surface area contributed by atoms with Crippen molar-refractivity contribution in [3.05, 3.63) is 28.9 Å². The van der Waals surface area contributed by atoms with Gasteiger partial charge in [-0.3, -0.25) is 4.79 Å². The van der Waals surface area contributed by atoms with Crippen molar-refractivity contribution >= 4 is 33.0 Å². The second-order valence-corrected chi connectivity index (χ2v) is 5.78. The second-order valence-electron chi connectivity index (χ2n) is 4.73. The highest BCUT2D eigenvalue weighted by atomic mass is 32.1. The number of thiophene rings is 1. The lowest BCUT2D eigenvalue weighted by Gasteiger charge is -2.05. The Labute approximate surface area is 120 Å². The van der Waals surface area contributed by atoms with Crippen molar-refractivity contribution in [1.29, 1.82) is 0 Å². The summed E-state index contributed by atoms with van der Waals surface area (Å²) < 4.78 is 14.0. The van der Waals surface area contributed by atoms with E-state index >= 15 is 0 Å². The van der Waals surface area contributed by atoms with E-state index in [-0.39, 0.29) is 17.8 Å². The van der Waals surface area contributed by atoms with E-state index in [0.717, 1.165) is 4.70 Å². The van der Waals surface area contributed by atoms with Gasteiger partial charge in [0.15, 0.2) is 0 Å². The number of fused-ring (bicyclic) bond motifs is 1. The maximum atomic E-state index is 13.2. The van der Waals surface area contributed by atoms with Gasteiger partial charge >= 0.3 is 0 Å². The van der Waals surface area contributed by atoms with Crippen LogP contribution in [0.2, 0.25) is 0 Å². The Kier molecular flexibility index (Phi) is 4.57. The monoisotopic (exact) mass is 296 g/mol. The number of carbonyl (C=O) groups is 1. The Morgan fingerprint density at radius 2 is 2.30 bits per heavy atom. The number of aliphatic hydroxyl groups excluding tert-OH is 1. The van der Waals surface area contributed by atoms with Gasteiger partial charge in [-0.2, -0.15) is 0 Å². The van der Waals surface area contributed by atoms with Crippen molar-refractivity contribution < 1.29 is 14.3 Å². The molecule has 2 rings (SSSR count). The molecule has 1 aromatic carbocycles. The quantitative estimate of drug-likeness (QED) is 0.742. The summed E-state index contributed by atoms with van der Waals surface area (Å²) in [5.41, 5.74) is 6.22. The maximum Gasteiger partial charge on any atom is 0.263 e. The molecule has 108 valence electrons. The molecule has 0 saturated heterocycles. The van der Waals surface area contributed by atoms with E-state index in [4.69, 9.17) is 10.8 Å². The lowest BCUT2D eigenvalue weighted by atomic mass is 10.2. The molecule has 0 aliphatic heterocycles. The number of halogens is 1. The fourth-order valence-corrected chi connectivity index (χ4v) is 2.96. The summed E-state index contributed by atoms with van der Waals surface area (Å²) in [6, 6.07) is 4.31. The standard InChI is InChI=1S/C14H17FN2O2S/c1-8(18)3-2-6-17-14(19)13-12(16)10-7-9(15)4-5-11(10)20-13/h4-5,7-8,18H,2-3,6,16H2,1H3,(H,17,19). The van der Waals surface area contributed by atoms with Crippen LogP contribution in [0.25, 0.3) is 10.1 Å². The second kappa shape index (κ2) is 6.19. The zero-order valence-electron chi connectivity index (χ0n) is 11.1. The summed E-state index contributed by atoms with van der Waals surface area (Å²) in [5, 5.41) is 12.5. The van der Waals surface area contributed by atoms with Gasteiger partial charge < -0.3 is 16.2 Å². The van der Waals surface area contributed by atoms with Crippen molar-refractivity contribution in [2.45, 2.75) is 25.9 Å². The Balaban J connectivity index is 2.08. The summed E-state index contributed by atoms with van der Waals surface area (Å²) >= 11 is 1.25. The van der Waals surface area contributed by atoms with Gasteiger partial charge in [-0.05, 0) is 38.0 Å². The molecule has 0 bridgehead atoms. The van der Waals surface area contributed by atoms with Crippen LogP contribution in [-0.4, -0.2) is 23.7 Å². The highest BCUT2D eigenvalue weighted by Crippen LogP contribution is 2.33. The molecule has 20 heavy (non-hydrogen) atoms. The molecule has 1 heterocycles. The zero-order chi connectivity index (χ0) is 14.7. The van der Waals surface area contributed by atoms with Crippen LogP contribution in [0.1, 0.15) is 29.4 Å². The topological polar surface area (TPSA) is 75.3 Å². The van der Waals surface area contributed by atoms with Gasteiger partial charge in [0, 0.05) is 16.6 Å². The average Bonchev–Trinajstić information content (AvgIpc) is 2.72. The minimum Gasteiger partial charge on any atom is -0.397 e. The van der Waals surface area contributed by atoms with Crippen LogP contribution in [0.5, 0.6) is 0 Å². The van der Waals surface area contributed by atoms with Gasteiger partial charge in [-0.25, -0.2) is 4.39 Å². The van der Waals surface area contributed by atoms with Crippen LogP contribution in [0.15, 0.2) is 18.2 Å². The van der Waals surface area contributed by atoms with Gasteiger partial charge in [0.2, 0.25) is 0 Å². The Bertz CT molecular complexity index is 625. The summed E-state index contributed by atoms with van der Waals surface area (Å²) in [7, 11) is 0. The number of carbonyl (C=O) groups excluding carboxylic acids is 1. The van der Waals surface area contributed by atoms with Crippen LogP contribution >= 0.6 is 11.3 Å². The summed E-state index contributed by atoms with van der Waals surface area (Å²) in [6.45, 7) is 2.19. The van der Waals surface area contributed by atoms with Crippen molar-refractivity contribution in [2.24, 2.45) is 0 Å². The molecule has 1 unspecified atom stereocenters. The smallest absolute Gasteiger partial charge is 0.263 e. The minimum atomic E-state index is -0.371. The lowest BCUT2D eigenvalue weighted by Crippen LogP contribution is -2.24. The minimum absolute atomic E-state index is 0.255. The fourth-order valence-electron chi connectivity index (χ4n) is 1.94. The summed E-state index contributed by atoms with van der Waals surface area (Å²) in [6.07, 6.45) is 0.959. The number of anilines is 1. The van der Waals surface area contributed by atoms with Gasteiger partial charge in [0.1, 0.15) is 10.7 Å². The number of nitrogens with one attached hydrogen (secondary N) is 1. The molecule has 1 atom stereocenters. The molecule has 0 saturated carbocycles. The van der Waals surface area contributed by atoms with Crippen LogP contribution in [0.3, 0.4) is 0 Å². The number of hydrogen-bond acceptors (Lipinski definition) is 4. The molecular formula is C14H17FN2O2S. The molecule has 1 amide bonds. The highest BCUT2D eigenvalue weighted by molar-refractivity contribution is 7.21. The maximum absolute atomic E-state index is 13.2. The van der Waals surface area contributed by atoms with Gasteiger partial charge in [-0.15, -0.1) is 11.3 Å². The first-order valence-electron chi connectivity index (χ1n) is 6.43. The number of aliphatic hydroxyl groups is 1. The predicted octanol–water partition coefficient (Wildman–Crippen LogP) is 2.51. The van der Waals surface area contributed by atoms with E-state index in [1.54, 1.807) is 13.0 Å². The number of hydrogen-bond donors (Lipinski definition) is 3. The van der Waals surface area contributed by atoms with Crippen LogP contribution < -0.4 is 11.1 Å². The number of rotatable bonds is 5. The normalized spacial score (nSPS) is 12.6. The van der Waals surface area contributed by atoms with Crippen molar-refractivity contribution in [3.63, 3.8) is 0 Å². The Morgan fingerprint density at radius 1 is 1.55 bits per heavy atom. The van der Waals surface area contributed by atoms with Gasteiger partial charge in [-0.1, -0.05) is 0 Å². The summed E-state index contributed by atoms with van der Waals surface area (Å²) in [5.74, 6) is -0.624. The Hall–Kier alpha value is -1.66. The molecule has 0 spiro atoms. The summed E-state index contributed by atoms with van der Waals surface area (Å²) in [4.78, 5) is 12.4. The first kappa shape index (κ1) is 14.7. The van der Waals surface area contributed by atoms with E-state index < -0.39 is 0 Å². The van der Waals surface area contributed by atoms with E-state index in [0.29, 0.717) is 35.3 Å². The van der Waals surface area contributed by atoms with Crippen molar-refractivity contribution in [1.82, 2.24) is 5.32 Å². The average molecular weight is 296 g/mol. The van der Waals surface area contributed by atoms with Gasteiger partial charge in [0.25, 0.3) is 5.91 Å². The first-order chi connectivity index (χ1) is 9.49. The number of amides is 1. The highest BCUT2D eigenvalue weighted by Gasteiger charge is 2.16. The molecule has 0 fully saturated rings. The van der Waals surface area contributed by atoms with Crippen LogP contribution in [0, 0.1) is 5.82 Å². The van der Waals surface area contributed by atoms with E-state index in [1.807, 2.05) is 0 Å². The van der Waals surface area contributed by atoms with E-state index in [2.05, 4.69) is 5.32 Å². The zero-order valence-corrected chi connectivity index (χ0v) is 12.0. The largest absolute Gasteiger partial charge is 0.397 e. The lowest BCUT2D eigenvalue weighted by molar-refractivity contribution is 0.0954. The molecule has 0 radical (unpaired) electrons. The Morgan fingerprint density at radius 3 is 3.00 bits per heavy atom. The molecule has 4 N–H and O–H groups in total. The molecule has 1 aromatic heterocycles. The molecule has 2 aromatic rings. The third-order valence-corrected chi connectivity index (χ3v) is 4.16. The number of nitrogen functional groups attached to an aromatic ring is 1. The SMILES string of the molecule is CC(O)CCCNC(=O)c1sc2ccc(F)cc2c1N. The van der Waals surface area contributed by atoms with Gasteiger partial charge in [0.05, 0.1) is 11.8 Å². The van der Waals surface area contributed by atoms with E-state index in [1.165, 1.54) is 23.5 Å². The first-order valence-corrected chi connectivity index (χ1v) is 7.24. The fraction of sp³-hybridized carbons (Fsp3) is 0.357. The molecule has 0 aliphatic carbocycles. The van der Waals surface area contributed by atoms with Crippen molar-refractivity contribution in [3.8, 4) is 0 Å². The molecule has 6 heteroatoms. The number of benzene rings is 1. The number of nitrogens with two attached hydrogens (primary N) is 1. The van der Waals surface area contributed by atoms with E-state index in [9.17, 15) is 9.18 Å². The predicted molar refractivity (Wildman–Crippen MR) is 79.4 cm³/mol. The molecular weight excluding hydrogens is 279 g/mol. The van der Waals surface area contributed by atoms with Crippen LogP contribution in [0.4, 0.5) is 10.1 Å². The van der Waals surface area contributed by atoms with Crippen molar-refractivity contribution in [2.75, 3.05) is 12.3 Å². The van der Waals surface area contributed by atoms with Crippen LogP contribution in [-0.2, 0) is 0 Å². The third-order valence-electron chi connectivity index (χ3n) is 2.98.